The maximum atomic E-state index is 13.8. The van der Waals surface area contributed by atoms with Crippen LogP contribution >= 0.6 is 0 Å². The summed E-state index contributed by atoms with van der Waals surface area (Å²) < 4.78 is 11.5. The van der Waals surface area contributed by atoms with E-state index < -0.39 is 35.0 Å². The summed E-state index contributed by atoms with van der Waals surface area (Å²) in [5.41, 5.74) is 9.31. The van der Waals surface area contributed by atoms with Gasteiger partial charge in [0.1, 0.15) is 11.9 Å². The molecule has 1 fully saturated rings. The van der Waals surface area contributed by atoms with Crippen LogP contribution in [0.1, 0.15) is 49.4 Å². The summed E-state index contributed by atoms with van der Waals surface area (Å²) in [6, 6.07) is 26.0. The Morgan fingerprint density at radius 3 is 2.07 bits per heavy atom. The molecule has 44 heavy (non-hydrogen) atoms. The van der Waals surface area contributed by atoms with Crippen LogP contribution < -0.4 is 11.1 Å². The molecule has 1 saturated heterocycles. The van der Waals surface area contributed by atoms with Gasteiger partial charge in [0.25, 0.3) is 5.69 Å². The number of nitrogens with zero attached hydrogens (tertiary/aromatic N) is 2. The molecule has 0 radical (unpaired) electrons. The van der Waals surface area contributed by atoms with E-state index in [1.807, 2.05) is 36.4 Å². The van der Waals surface area contributed by atoms with Crippen molar-refractivity contribution in [3.05, 3.63) is 134 Å². The van der Waals surface area contributed by atoms with Crippen LogP contribution in [0.2, 0.25) is 0 Å². The van der Waals surface area contributed by atoms with Gasteiger partial charge < -0.3 is 20.5 Å². The topological polar surface area (TPSA) is 137 Å². The van der Waals surface area contributed by atoms with Gasteiger partial charge in [-0.2, -0.15) is 0 Å². The van der Waals surface area contributed by atoms with Crippen molar-refractivity contribution in [3.8, 4) is 0 Å². The number of rotatable bonds is 9. The summed E-state index contributed by atoms with van der Waals surface area (Å²) in [6.45, 7) is 6.05. The molecule has 0 bridgehead atoms. The molecule has 11 heteroatoms. The first-order valence-electron chi connectivity index (χ1n) is 14.1. The minimum Gasteiger partial charge on any atom is -0.460 e. The van der Waals surface area contributed by atoms with Crippen LogP contribution in [-0.2, 0) is 19.1 Å². The number of nitrogens with two attached hydrogens (primary N) is 1. The van der Waals surface area contributed by atoms with E-state index in [-0.39, 0.29) is 66.4 Å². The van der Waals surface area contributed by atoms with Gasteiger partial charge in [-0.15, -0.1) is 0 Å². The molecule has 0 spiro atoms. The van der Waals surface area contributed by atoms with Gasteiger partial charge in [0.2, 0.25) is 0 Å². The number of carbonyl (C=O) groups is 2. The molecule has 0 saturated carbocycles. The van der Waals surface area contributed by atoms with Crippen molar-refractivity contribution in [1.29, 1.82) is 0 Å². The predicted octanol–water partition coefficient (Wildman–Crippen LogP) is 4.31. The van der Waals surface area contributed by atoms with Crippen molar-refractivity contribution in [2.75, 3.05) is 13.1 Å². The average Bonchev–Trinajstić information content (AvgIpc) is 2.96. The summed E-state index contributed by atoms with van der Waals surface area (Å²) in [7, 11) is 0. The summed E-state index contributed by atoms with van der Waals surface area (Å²) in [5, 5.41) is 14.5. The maximum absolute atomic E-state index is 13.8. The normalized spacial score (nSPS) is 17.1. The van der Waals surface area contributed by atoms with Crippen molar-refractivity contribution in [2.24, 2.45) is 5.73 Å². The number of ether oxygens (including phenoxy) is 2. The molecule has 0 aliphatic carbocycles. The Kier molecular flexibility index (Phi) is 10.9. The number of dihydropyridines is 1. The molecule has 0 aromatic heterocycles. The van der Waals surface area contributed by atoms with E-state index in [1.165, 1.54) is 18.2 Å². The van der Waals surface area contributed by atoms with Gasteiger partial charge in [-0.3, -0.25) is 15.0 Å². The molecular formula is C33H34CaN4O6+2. The minimum absolute atomic E-state index is 0. The predicted molar refractivity (Wildman–Crippen MR) is 166 cm³/mol. The first kappa shape index (κ1) is 33.2. The van der Waals surface area contributed by atoms with Crippen LogP contribution in [0.5, 0.6) is 0 Å². The van der Waals surface area contributed by atoms with Gasteiger partial charge in [0, 0.05) is 30.9 Å². The quantitative estimate of drug-likeness (QED) is 0.155. The molecule has 222 valence electrons. The zero-order chi connectivity index (χ0) is 30.7. The average molecular weight is 623 g/mol. The number of non-ortho nitro benzene ring substituents is 1. The zero-order valence-corrected chi connectivity index (χ0v) is 27.1. The Bertz CT molecular complexity index is 1550. The Balaban J connectivity index is 0.00000442. The van der Waals surface area contributed by atoms with Crippen molar-refractivity contribution >= 4 is 55.4 Å². The van der Waals surface area contributed by atoms with Gasteiger partial charge in [-0.05, 0) is 37.5 Å². The number of allylic oxidation sites excluding steroid dienone is 1. The third-order valence-electron chi connectivity index (χ3n) is 7.54. The van der Waals surface area contributed by atoms with E-state index in [9.17, 15) is 19.7 Å². The third-order valence-corrected chi connectivity index (χ3v) is 7.54. The van der Waals surface area contributed by atoms with Crippen LogP contribution in [0.3, 0.4) is 0 Å². The van der Waals surface area contributed by atoms with Crippen LogP contribution in [0.4, 0.5) is 5.69 Å². The maximum Gasteiger partial charge on any atom is 2.00 e. The molecule has 1 unspecified atom stereocenters. The number of nitro benzene ring substituents is 1. The Labute approximate surface area is 286 Å². The molecule has 2 aliphatic heterocycles. The minimum atomic E-state index is -1.03. The van der Waals surface area contributed by atoms with Crippen molar-refractivity contribution in [2.45, 2.75) is 44.9 Å². The Hall–Kier alpha value is -3.70. The first-order valence-corrected chi connectivity index (χ1v) is 14.1. The number of esters is 2. The van der Waals surface area contributed by atoms with Gasteiger partial charge in [-0.25, -0.2) is 9.59 Å². The Morgan fingerprint density at radius 1 is 0.932 bits per heavy atom. The summed E-state index contributed by atoms with van der Waals surface area (Å²) in [5.74, 6) is -2.37. The number of nitro groups is 1. The standard InChI is InChI=1S/C33H34N4O6.Ca/c1-20(2)42-32(38)27-21(3)35-31(34)29(28(27)24-15-10-16-25(17-24)37(40)41)33(39)43-26-18-36(19-26)30(22-11-6-4-7-12-22)23-13-8-5-9-14-23;/h4-17,20,26,28,30,35H,18-19,34H2,1-3H3;/q;+2. The third kappa shape index (κ3) is 7.15. The largest absolute Gasteiger partial charge is 2.00 e. The van der Waals surface area contributed by atoms with E-state index in [4.69, 9.17) is 15.2 Å². The number of likely N-dealkylation sites (tertiary alicyclic amines) is 1. The van der Waals surface area contributed by atoms with Crippen molar-refractivity contribution < 1.29 is 24.0 Å². The molecule has 1 atom stereocenters. The zero-order valence-electron chi connectivity index (χ0n) is 24.9. The number of carbonyl (C=O) groups excluding carboxylic acids is 2. The second kappa shape index (κ2) is 14.4. The summed E-state index contributed by atoms with van der Waals surface area (Å²) in [6.07, 6.45) is -0.855. The fourth-order valence-corrected chi connectivity index (χ4v) is 5.64. The van der Waals surface area contributed by atoms with Gasteiger partial charge >= 0.3 is 49.7 Å². The molecule has 2 heterocycles. The molecule has 3 aromatic rings. The number of nitrogens with one attached hydrogen (secondary N) is 1. The molecule has 2 aliphatic rings. The fraction of sp³-hybridized carbons (Fsp3) is 0.273. The van der Waals surface area contributed by atoms with Crippen molar-refractivity contribution in [3.63, 3.8) is 0 Å². The van der Waals surface area contributed by atoms with Crippen LogP contribution in [-0.4, -0.2) is 84.8 Å². The SMILES string of the molecule is CC1=C(C(=O)OC(C)C)C(c2cccc([N+](=O)[O-])c2)C(C(=O)OC2CN(C(c3ccccc3)c3ccccc3)C2)=C(N)N1.[Ca+2]. The van der Waals surface area contributed by atoms with Gasteiger partial charge in [0.15, 0.2) is 0 Å². The second-order valence-electron chi connectivity index (χ2n) is 10.9. The van der Waals surface area contributed by atoms with Crippen LogP contribution in [0, 0.1) is 10.1 Å². The van der Waals surface area contributed by atoms with Crippen LogP contribution in [0.15, 0.2) is 108 Å². The van der Waals surface area contributed by atoms with E-state index >= 15 is 0 Å². The second-order valence-corrected chi connectivity index (χ2v) is 10.9. The van der Waals surface area contributed by atoms with Gasteiger partial charge in [0.05, 0.1) is 34.1 Å². The summed E-state index contributed by atoms with van der Waals surface area (Å²) >= 11 is 0. The number of hydrogen-bond donors (Lipinski definition) is 2. The molecule has 0 amide bonds. The van der Waals surface area contributed by atoms with E-state index in [2.05, 4.69) is 34.5 Å². The molecule has 5 rings (SSSR count). The molecule has 10 nitrogen and oxygen atoms in total. The fourth-order valence-electron chi connectivity index (χ4n) is 5.64. The first-order chi connectivity index (χ1) is 20.6. The number of benzene rings is 3. The van der Waals surface area contributed by atoms with Crippen molar-refractivity contribution in [1.82, 2.24) is 10.2 Å². The monoisotopic (exact) mass is 622 g/mol. The summed E-state index contributed by atoms with van der Waals surface area (Å²) in [4.78, 5) is 40.4. The molecule has 3 N–H and O–H groups in total. The van der Waals surface area contributed by atoms with E-state index in [0.29, 0.717) is 24.4 Å². The van der Waals surface area contributed by atoms with Gasteiger partial charge in [-0.1, -0.05) is 72.8 Å². The van der Waals surface area contributed by atoms with Crippen LogP contribution in [0.25, 0.3) is 0 Å². The molecule has 3 aromatic carbocycles. The number of hydrogen-bond acceptors (Lipinski definition) is 9. The van der Waals surface area contributed by atoms with E-state index in [1.54, 1.807) is 26.8 Å². The Morgan fingerprint density at radius 2 is 1.52 bits per heavy atom. The van der Waals surface area contributed by atoms with E-state index in [0.717, 1.165) is 11.1 Å². The smallest absolute Gasteiger partial charge is 0.460 e. The molecular weight excluding hydrogens is 588 g/mol.